The van der Waals surface area contributed by atoms with Crippen molar-refractivity contribution in [1.29, 1.82) is 0 Å². The molecule has 0 radical (unpaired) electrons. The van der Waals surface area contributed by atoms with Gasteiger partial charge in [0, 0.05) is 6.04 Å². The topological polar surface area (TPSA) is 50.9 Å². The number of hydrogen-bond donors (Lipinski definition) is 1. The second kappa shape index (κ2) is 5.71. The minimum absolute atomic E-state index is 0.150. The van der Waals surface area contributed by atoms with E-state index in [2.05, 4.69) is 19.2 Å². The molecule has 0 aliphatic carbocycles. The van der Waals surface area contributed by atoms with Crippen LogP contribution in [0.25, 0.3) is 0 Å². The van der Waals surface area contributed by atoms with Gasteiger partial charge in [-0.3, -0.25) is 0 Å². The van der Waals surface area contributed by atoms with E-state index in [0.717, 1.165) is 19.4 Å². The van der Waals surface area contributed by atoms with E-state index in [4.69, 9.17) is 9.47 Å². The summed E-state index contributed by atoms with van der Waals surface area (Å²) in [6.07, 6.45) is 1.84. The first-order valence-corrected chi connectivity index (χ1v) is 6.37. The average Bonchev–Trinajstić information content (AvgIpc) is 2.81. The van der Waals surface area contributed by atoms with Crippen molar-refractivity contribution in [3.63, 3.8) is 0 Å². The molecule has 1 N–H and O–H groups in total. The Bertz CT molecular complexity index is 250. The summed E-state index contributed by atoms with van der Waals surface area (Å²) >= 11 is 0. The Kier molecular flexibility index (Phi) is 4.80. The van der Waals surface area contributed by atoms with Gasteiger partial charge in [0.2, 0.25) is 0 Å². The molecule has 4 heteroatoms. The number of rotatable bonds is 5. The molecule has 1 saturated heterocycles. The van der Waals surface area contributed by atoms with E-state index >= 15 is 0 Å². The molecule has 17 heavy (non-hydrogen) atoms. The van der Waals surface area contributed by atoms with Crippen molar-refractivity contribution in [2.45, 2.75) is 65.2 Å². The summed E-state index contributed by atoms with van der Waals surface area (Å²) in [5.74, 6) is 0.550. The Morgan fingerprint density at radius 2 is 2.06 bits per heavy atom. The van der Waals surface area contributed by atoms with Gasteiger partial charge in [-0.25, -0.2) is 4.79 Å². The lowest BCUT2D eigenvalue weighted by molar-refractivity contribution is 0.0494. The molecule has 2 atom stereocenters. The van der Waals surface area contributed by atoms with E-state index < -0.39 is 5.60 Å². The number of alkyl carbamates (subject to hydrolysis) is 1. The van der Waals surface area contributed by atoms with Gasteiger partial charge in [-0.2, -0.15) is 0 Å². The van der Waals surface area contributed by atoms with Gasteiger partial charge in [0.1, 0.15) is 5.60 Å². The normalized spacial score (nSPS) is 21.2. The second-order valence-electron chi connectivity index (χ2n) is 6.16. The maximum Gasteiger partial charge on any atom is 0.407 e. The number of hydrogen-bond acceptors (Lipinski definition) is 3. The Morgan fingerprint density at radius 1 is 1.47 bits per heavy atom. The van der Waals surface area contributed by atoms with Crippen molar-refractivity contribution >= 4 is 6.09 Å². The first kappa shape index (κ1) is 14.3. The third-order valence-electron chi connectivity index (χ3n) is 2.43. The fourth-order valence-corrected chi connectivity index (χ4v) is 1.78. The molecule has 1 heterocycles. The average molecular weight is 243 g/mol. The highest BCUT2D eigenvalue weighted by atomic mass is 16.6. The van der Waals surface area contributed by atoms with Crippen LogP contribution in [0.15, 0.2) is 0 Å². The van der Waals surface area contributed by atoms with Crippen LogP contribution in [-0.2, 0) is 9.47 Å². The van der Waals surface area contributed by atoms with Gasteiger partial charge in [-0.15, -0.1) is 0 Å². The Morgan fingerprint density at radius 3 is 2.47 bits per heavy atom. The van der Waals surface area contributed by atoms with E-state index in [9.17, 15) is 4.79 Å². The van der Waals surface area contributed by atoms with Crippen LogP contribution in [0.5, 0.6) is 0 Å². The summed E-state index contributed by atoms with van der Waals surface area (Å²) < 4.78 is 10.5. The molecule has 1 fully saturated rings. The summed E-state index contributed by atoms with van der Waals surface area (Å²) in [5, 5.41) is 2.94. The van der Waals surface area contributed by atoms with Crippen LogP contribution in [0.1, 0.15) is 47.5 Å². The van der Waals surface area contributed by atoms with E-state index in [1.807, 2.05) is 20.8 Å². The van der Waals surface area contributed by atoms with Crippen molar-refractivity contribution < 1.29 is 14.3 Å². The number of carbonyl (C=O) groups excluding carboxylic acids is 1. The van der Waals surface area contributed by atoms with Crippen LogP contribution >= 0.6 is 0 Å². The van der Waals surface area contributed by atoms with Crippen LogP contribution < -0.4 is 5.32 Å². The molecule has 0 aromatic carbocycles. The maximum absolute atomic E-state index is 11.7. The van der Waals surface area contributed by atoms with Crippen LogP contribution in [0.3, 0.4) is 0 Å². The first-order valence-electron chi connectivity index (χ1n) is 6.37. The summed E-state index contributed by atoms with van der Waals surface area (Å²) in [5.41, 5.74) is -0.442. The molecule has 0 bridgehead atoms. The minimum atomic E-state index is -0.442. The zero-order valence-corrected chi connectivity index (χ0v) is 11.6. The molecule has 0 spiro atoms. The summed E-state index contributed by atoms with van der Waals surface area (Å²) in [4.78, 5) is 11.7. The molecule has 0 saturated carbocycles. The quantitative estimate of drug-likeness (QED) is 0.755. The maximum atomic E-state index is 11.7. The van der Waals surface area contributed by atoms with Crippen molar-refractivity contribution in [3.8, 4) is 0 Å². The molecule has 1 rings (SSSR count). The largest absolute Gasteiger partial charge is 0.444 e. The Hall–Kier alpha value is -0.770. The summed E-state index contributed by atoms with van der Waals surface area (Å²) in [6, 6.07) is 0.150. The predicted octanol–water partition coefficient (Wildman–Crippen LogP) is 2.71. The highest BCUT2D eigenvalue weighted by Crippen LogP contribution is 2.20. The van der Waals surface area contributed by atoms with Crippen LogP contribution in [0, 0.1) is 5.92 Å². The smallest absolute Gasteiger partial charge is 0.407 e. The van der Waals surface area contributed by atoms with Gasteiger partial charge in [-0.1, -0.05) is 13.8 Å². The molecule has 1 amide bonds. The Balaban J connectivity index is 2.38. The van der Waals surface area contributed by atoms with E-state index in [0.29, 0.717) is 12.0 Å². The number of nitrogens with one attached hydrogen (secondary N) is 1. The molecule has 2 unspecified atom stereocenters. The lowest BCUT2D eigenvalue weighted by atomic mass is 10.00. The molecule has 0 aromatic heterocycles. The molecule has 1 aliphatic rings. The van der Waals surface area contributed by atoms with Crippen molar-refractivity contribution in [2.75, 3.05) is 6.61 Å². The number of ether oxygens (including phenoxy) is 2. The number of amides is 1. The minimum Gasteiger partial charge on any atom is -0.444 e. The molecule has 4 nitrogen and oxygen atoms in total. The van der Waals surface area contributed by atoms with Crippen LogP contribution in [-0.4, -0.2) is 30.4 Å². The van der Waals surface area contributed by atoms with Gasteiger partial charge >= 0.3 is 6.09 Å². The van der Waals surface area contributed by atoms with Crippen molar-refractivity contribution in [1.82, 2.24) is 5.32 Å². The second-order valence-corrected chi connectivity index (χ2v) is 6.16. The fourth-order valence-electron chi connectivity index (χ4n) is 1.78. The van der Waals surface area contributed by atoms with Gasteiger partial charge in [0.05, 0.1) is 12.7 Å². The zero-order chi connectivity index (χ0) is 13.1. The van der Waals surface area contributed by atoms with E-state index in [-0.39, 0.29) is 12.1 Å². The van der Waals surface area contributed by atoms with E-state index in [1.165, 1.54) is 0 Å². The van der Waals surface area contributed by atoms with Gasteiger partial charge in [-0.05, 0) is 39.5 Å². The van der Waals surface area contributed by atoms with Gasteiger partial charge in [0.25, 0.3) is 0 Å². The van der Waals surface area contributed by atoms with Gasteiger partial charge < -0.3 is 14.8 Å². The number of epoxide rings is 1. The molecule has 0 aromatic rings. The first-order chi connectivity index (χ1) is 7.76. The summed E-state index contributed by atoms with van der Waals surface area (Å²) in [7, 11) is 0. The van der Waals surface area contributed by atoms with E-state index in [1.54, 1.807) is 0 Å². The highest BCUT2D eigenvalue weighted by Gasteiger charge is 2.28. The number of carbonyl (C=O) groups is 1. The SMILES string of the molecule is CC(C)CC(CC1CO1)NC(=O)OC(C)(C)C. The fraction of sp³-hybridized carbons (Fsp3) is 0.923. The van der Waals surface area contributed by atoms with Gasteiger partial charge in [0.15, 0.2) is 0 Å². The third kappa shape index (κ3) is 7.21. The van der Waals surface area contributed by atoms with Crippen molar-refractivity contribution in [2.24, 2.45) is 5.92 Å². The Labute approximate surface area is 104 Å². The standard InChI is InChI=1S/C13H25NO3/c1-9(2)6-10(7-11-8-16-11)14-12(15)17-13(3,4)5/h9-11H,6-8H2,1-5H3,(H,14,15). The third-order valence-corrected chi connectivity index (χ3v) is 2.43. The molecular weight excluding hydrogens is 218 g/mol. The lowest BCUT2D eigenvalue weighted by Crippen LogP contribution is -2.40. The summed E-state index contributed by atoms with van der Waals surface area (Å²) in [6.45, 7) is 10.7. The molecule has 1 aliphatic heterocycles. The highest BCUT2D eigenvalue weighted by molar-refractivity contribution is 5.68. The van der Waals surface area contributed by atoms with Crippen LogP contribution in [0.2, 0.25) is 0 Å². The zero-order valence-electron chi connectivity index (χ0n) is 11.6. The lowest BCUT2D eigenvalue weighted by Gasteiger charge is -2.24. The molecular formula is C13H25NO3. The van der Waals surface area contributed by atoms with Crippen molar-refractivity contribution in [3.05, 3.63) is 0 Å². The van der Waals surface area contributed by atoms with Crippen LogP contribution in [0.4, 0.5) is 4.79 Å². The monoisotopic (exact) mass is 243 g/mol. The molecule has 100 valence electrons. The predicted molar refractivity (Wildman–Crippen MR) is 67.0 cm³/mol.